The Balaban J connectivity index is 0. The number of rotatable bonds is 0. The van der Waals surface area contributed by atoms with Crippen LogP contribution in [0.5, 0.6) is 0 Å². The van der Waals surface area contributed by atoms with E-state index in [-0.39, 0.29) is 235 Å². The average molecular weight is 375 g/mol. The molecule has 0 spiro atoms. The molecule has 0 aliphatic rings. The first-order valence-electron chi connectivity index (χ1n) is 0. The molecule has 0 saturated carbocycles. The summed E-state index contributed by atoms with van der Waals surface area (Å²) >= 11 is 0. The molecule has 66 valence electrons. The van der Waals surface area contributed by atoms with E-state index in [4.69, 9.17) is 0 Å². The van der Waals surface area contributed by atoms with E-state index in [1.165, 1.54) is 0 Å². The maximum atomic E-state index is 0. The van der Waals surface area contributed by atoms with Gasteiger partial charge in [0, 0.05) is 0 Å². The minimum atomic E-state index is 0. The third-order valence-electron chi connectivity index (χ3n) is 0. The molecule has 0 atom stereocenters. The molecule has 0 aliphatic carbocycles. The molecule has 12 heavy (non-hydrogen) atoms. The van der Waals surface area contributed by atoms with Gasteiger partial charge in [0.1, 0.15) is 0 Å². The summed E-state index contributed by atoms with van der Waals surface area (Å²) in [5, 5.41) is 0. The summed E-state index contributed by atoms with van der Waals surface area (Å²) in [5.41, 5.74) is 0. The molecular weight excluding hydrogens is 363 g/mol. The zero-order valence-corrected chi connectivity index (χ0v) is 8.57. The monoisotopic (exact) mass is 372 g/mol. The van der Waals surface area contributed by atoms with Gasteiger partial charge in [-0.1, -0.05) is 0 Å². The normalized spacial score (nSPS) is 0. The maximum absolute atomic E-state index is 0. The number of halogens is 7. The fraction of sp³-hybridized carbons (Fsp3) is 0. The topological polar surface area (TPSA) is 0 Å². The van der Waals surface area contributed by atoms with Crippen molar-refractivity contribution in [2.75, 3.05) is 0 Å². The van der Waals surface area contributed by atoms with E-state index in [0.29, 0.717) is 0 Å². The predicted molar refractivity (Wildman–Crippen MR) is 86.5 cm³/mol. The van der Waals surface area contributed by atoms with Crippen LogP contribution in [-0.4, -0.2) is 148 Å². The Bertz CT molecular complexity index is 11.8. The van der Waals surface area contributed by atoms with E-state index in [2.05, 4.69) is 0 Å². The van der Waals surface area contributed by atoms with Crippen molar-refractivity contribution in [2.45, 2.75) is 0 Å². The molecule has 0 bridgehead atoms. The zero-order valence-electron chi connectivity index (χ0n) is 2.86. The van der Waals surface area contributed by atoms with Crippen LogP contribution in [0.2, 0.25) is 0 Å². The predicted octanol–water partition coefficient (Wildman–Crippen LogP) is -0.290. The SMILES string of the molecule is Cl.Cl.Cl.Cl.Cl.Cl.Cl.[NaH].[NaH].[NaH].[NaH].[NaH]. The van der Waals surface area contributed by atoms with Crippen molar-refractivity contribution >= 4 is 235 Å². The second-order valence-corrected chi connectivity index (χ2v) is 0. The summed E-state index contributed by atoms with van der Waals surface area (Å²) in [6.45, 7) is 0. The molecule has 0 saturated heterocycles. The van der Waals surface area contributed by atoms with Crippen molar-refractivity contribution < 1.29 is 0 Å². The summed E-state index contributed by atoms with van der Waals surface area (Å²) in [6.07, 6.45) is 0. The molecule has 0 rings (SSSR count). The summed E-state index contributed by atoms with van der Waals surface area (Å²) in [6, 6.07) is 0. The molecule has 0 fully saturated rings. The van der Waals surface area contributed by atoms with Crippen LogP contribution in [0.3, 0.4) is 0 Å². The molecule has 0 aromatic rings. The van der Waals surface area contributed by atoms with Gasteiger partial charge >= 0.3 is 148 Å². The Morgan fingerprint density at radius 3 is 0.167 bits per heavy atom. The van der Waals surface area contributed by atoms with Gasteiger partial charge in [-0.3, -0.25) is 0 Å². The second-order valence-electron chi connectivity index (χ2n) is 0. The van der Waals surface area contributed by atoms with Crippen LogP contribution in [0.1, 0.15) is 0 Å². The Morgan fingerprint density at radius 2 is 0.167 bits per heavy atom. The van der Waals surface area contributed by atoms with Crippen LogP contribution < -0.4 is 0 Å². The van der Waals surface area contributed by atoms with Gasteiger partial charge in [0.05, 0.1) is 0 Å². The third-order valence-corrected chi connectivity index (χ3v) is 0. The number of hydrogen-bond donors (Lipinski definition) is 0. The fourth-order valence-corrected chi connectivity index (χ4v) is 0. The molecule has 0 amide bonds. The molecular formula is H12Cl7Na5. The summed E-state index contributed by atoms with van der Waals surface area (Å²) in [4.78, 5) is 0. The Labute approximate surface area is 229 Å². The van der Waals surface area contributed by atoms with Crippen molar-refractivity contribution in [3.8, 4) is 0 Å². The van der Waals surface area contributed by atoms with Crippen LogP contribution in [-0.2, 0) is 0 Å². The quantitative estimate of drug-likeness (QED) is 0.511. The van der Waals surface area contributed by atoms with Gasteiger partial charge in [-0.15, -0.1) is 86.8 Å². The second kappa shape index (κ2) is 106. The van der Waals surface area contributed by atoms with Crippen LogP contribution in [0.15, 0.2) is 0 Å². The first-order valence-corrected chi connectivity index (χ1v) is 0. The van der Waals surface area contributed by atoms with E-state index in [9.17, 15) is 0 Å². The van der Waals surface area contributed by atoms with Crippen molar-refractivity contribution in [3.05, 3.63) is 0 Å². The minimum absolute atomic E-state index is 0. The Kier molecular flexibility index (Phi) is 1100. The van der Waals surface area contributed by atoms with E-state index in [0.717, 1.165) is 0 Å². The van der Waals surface area contributed by atoms with E-state index >= 15 is 0 Å². The summed E-state index contributed by atoms with van der Waals surface area (Å²) in [5.74, 6) is 0. The standard InChI is InChI=1S/7ClH.5Na.5H/h7*1H;;;;;;;;;;. The molecule has 0 aromatic carbocycles. The van der Waals surface area contributed by atoms with Crippen molar-refractivity contribution in [3.63, 3.8) is 0 Å². The van der Waals surface area contributed by atoms with Crippen molar-refractivity contribution in [2.24, 2.45) is 0 Å². The first kappa shape index (κ1) is 125. The number of hydrogen-bond acceptors (Lipinski definition) is 0. The van der Waals surface area contributed by atoms with Gasteiger partial charge in [-0.05, 0) is 0 Å². The Hall–Kier alpha value is 7.03. The summed E-state index contributed by atoms with van der Waals surface area (Å²) in [7, 11) is 0. The molecule has 0 aliphatic heterocycles. The molecule has 0 unspecified atom stereocenters. The molecule has 12 heteroatoms. The molecule has 0 radical (unpaired) electrons. The van der Waals surface area contributed by atoms with E-state index < -0.39 is 0 Å². The van der Waals surface area contributed by atoms with Crippen LogP contribution in [0, 0.1) is 0 Å². The molecule has 0 N–H and O–H groups in total. The van der Waals surface area contributed by atoms with Crippen LogP contribution in [0.4, 0.5) is 0 Å². The van der Waals surface area contributed by atoms with Crippen molar-refractivity contribution in [1.82, 2.24) is 0 Å². The van der Waals surface area contributed by atoms with Crippen LogP contribution >= 0.6 is 86.8 Å². The van der Waals surface area contributed by atoms with Gasteiger partial charge in [-0.2, -0.15) is 0 Å². The van der Waals surface area contributed by atoms with Gasteiger partial charge in [0.15, 0.2) is 0 Å². The van der Waals surface area contributed by atoms with Gasteiger partial charge in [0.2, 0.25) is 0 Å². The van der Waals surface area contributed by atoms with E-state index in [1.54, 1.807) is 0 Å². The van der Waals surface area contributed by atoms with Crippen molar-refractivity contribution in [1.29, 1.82) is 0 Å². The molecule has 0 heterocycles. The fourth-order valence-electron chi connectivity index (χ4n) is 0. The molecule has 0 aromatic heterocycles. The van der Waals surface area contributed by atoms with Gasteiger partial charge in [0.25, 0.3) is 0 Å². The van der Waals surface area contributed by atoms with Crippen LogP contribution in [0.25, 0.3) is 0 Å². The first-order chi connectivity index (χ1) is 0. The Morgan fingerprint density at radius 1 is 0.167 bits per heavy atom. The average Bonchev–Trinajstić information content (AvgIpc) is 0. The van der Waals surface area contributed by atoms with E-state index in [1.807, 2.05) is 0 Å². The third kappa shape index (κ3) is 88.5. The summed E-state index contributed by atoms with van der Waals surface area (Å²) < 4.78 is 0. The zero-order chi connectivity index (χ0) is 0. The van der Waals surface area contributed by atoms with Gasteiger partial charge in [-0.25, -0.2) is 0 Å². The molecule has 0 nitrogen and oxygen atoms in total. The van der Waals surface area contributed by atoms with Gasteiger partial charge < -0.3 is 0 Å².